The monoisotopic (exact) mass is 250 g/mol. The predicted molar refractivity (Wildman–Crippen MR) is 73.2 cm³/mol. The van der Waals surface area contributed by atoms with Crippen molar-refractivity contribution in [2.45, 2.75) is 25.5 Å². The van der Waals surface area contributed by atoms with Crippen LogP contribution in [0, 0.1) is 0 Å². The van der Waals surface area contributed by atoms with E-state index < -0.39 is 0 Å². The minimum atomic E-state index is -0.139. The number of nitrogens with zero attached hydrogens (tertiary/aromatic N) is 1. The van der Waals surface area contributed by atoms with Gasteiger partial charge in [-0.15, -0.1) is 0 Å². The maximum absolute atomic E-state index is 9.58. The molecule has 0 bridgehead atoms. The predicted octanol–water partition coefficient (Wildman–Crippen LogP) is 1.38. The number of methoxy groups -OCH3 is 1. The molecule has 100 valence electrons. The molecule has 0 radical (unpaired) electrons. The van der Waals surface area contributed by atoms with Crippen molar-refractivity contribution < 1.29 is 9.84 Å². The molecule has 0 atom stereocenters. The Morgan fingerprint density at radius 1 is 1.39 bits per heavy atom. The Labute approximate surface area is 109 Å². The summed E-state index contributed by atoms with van der Waals surface area (Å²) < 4.78 is 5.43. The maximum Gasteiger partial charge on any atom is 0.125 e. The molecule has 0 unspecified atom stereocenters. The number of hydrogen-bond donors (Lipinski definition) is 2. The summed E-state index contributed by atoms with van der Waals surface area (Å²) in [6.07, 6.45) is 1.55. The molecule has 18 heavy (non-hydrogen) atoms. The lowest BCUT2D eigenvalue weighted by atomic mass is 10.0. The van der Waals surface area contributed by atoms with Gasteiger partial charge in [0.2, 0.25) is 0 Å². The molecule has 2 N–H and O–H groups in total. The van der Waals surface area contributed by atoms with Gasteiger partial charge in [-0.05, 0) is 32.0 Å². The number of hydrogen-bond acceptors (Lipinski definition) is 4. The van der Waals surface area contributed by atoms with Crippen LogP contribution in [0.3, 0.4) is 0 Å². The first-order valence-electron chi connectivity index (χ1n) is 6.49. The molecule has 0 spiro atoms. The Morgan fingerprint density at radius 2 is 2.11 bits per heavy atom. The second-order valence-electron chi connectivity index (χ2n) is 4.71. The summed E-state index contributed by atoms with van der Waals surface area (Å²) in [5.74, 6) is 0.924. The average Bonchev–Trinajstić information content (AvgIpc) is 2.40. The zero-order valence-electron chi connectivity index (χ0n) is 11.1. The molecule has 1 heterocycles. The largest absolute Gasteiger partial charge is 0.496 e. The highest BCUT2D eigenvalue weighted by molar-refractivity contribution is 5.59. The Balaban J connectivity index is 2.25. The van der Waals surface area contributed by atoms with Gasteiger partial charge in [0, 0.05) is 30.9 Å². The van der Waals surface area contributed by atoms with Gasteiger partial charge in [0.15, 0.2) is 0 Å². The number of anilines is 1. The molecule has 0 amide bonds. The van der Waals surface area contributed by atoms with E-state index in [-0.39, 0.29) is 6.10 Å². The lowest BCUT2D eigenvalue weighted by molar-refractivity contribution is 0.145. The van der Waals surface area contributed by atoms with Crippen LogP contribution in [0.2, 0.25) is 0 Å². The first-order valence-corrected chi connectivity index (χ1v) is 6.49. The molecule has 1 aliphatic rings. The molecule has 0 saturated carbocycles. The van der Waals surface area contributed by atoms with Crippen LogP contribution in [0.5, 0.6) is 5.75 Å². The standard InChI is InChI=1S/C14H22N2O2/c1-15-10-12-13(4-3-5-14(12)18-2)16-8-6-11(17)7-9-16/h3-5,11,15,17H,6-10H2,1-2H3. The third kappa shape index (κ3) is 2.76. The van der Waals surface area contributed by atoms with E-state index in [9.17, 15) is 5.11 Å². The van der Waals surface area contributed by atoms with Gasteiger partial charge >= 0.3 is 0 Å². The third-order valence-corrected chi connectivity index (χ3v) is 3.49. The van der Waals surface area contributed by atoms with Gasteiger partial charge in [0.25, 0.3) is 0 Å². The molecule has 1 saturated heterocycles. The van der Waals surface area contributed by atoms with Crippen molar-refractivity contribution in [1.29, 1.82) is 0 Å². The Bertz CT molecular complexity index is 387. The summed E-state index contributed by atoms with van der Waals surface area (Å²) in [7, 11) is 3.65. The minimum absolute atomic E-state index is 0.139. The third-order valence-electron chi connectivity index (χ3n) is 3.49. The molecule has 1 fully saturated rings. The zero-order chi connectivity index (χ0) is 13.0. The number of ether oxygens (including phenoxy) is 1. The van der Waals surface area contributed by atoms with Gasteiger partial charge < -0.3 is 20.1 Å². The van der Waals surface area contributed by atoms with E-state index in [0.717, 1.165) is 38.2 Å². The summed E-state index contributed by atoms with van der Waals surface area (Å²) in [5, 5.41) is 12.8. The molecule has 1 aliphatic heterocycles. The first kappa shape index (κ1) is 13.2. The summed E-state index contributed by atoms with van der Waals surface area (Å²) in [5.41, 5.74) is 2.41. The lowest BCUT2D eigenvalue weighted by Crippen LogP contribution is -2.36. The Morgan fingerprint density at radius 3 is 2.72 bits per heavy atom. The number of aliphatic hydroxyl groups excluding tert-OH is 1. The van der Waals surface area contributed by atoms with Crippen LogP contribution in [0.15, 0.2) is 18.2 Å². The summed E-state index contributed by atoms with van der Waals surface area (Å²) in [6, 6.07) is 6.15. The van der Waals surface area contributed by atoms with Gasteiger partial charge in [-0.25, -0.2) is 0 Å². The van der Waals surface area contributed by atoms with Crippen LogP contribution < -0.4 is 15.0 Å². The van der Waals surface area contributed by atoms with Crippen molar-refractivity contribution in [3.63, 3.8) is 0 Å². The average molecular weight is 250 g/mol. The number of aliphatic hydroxyl groups is 1. The fraction of sp³-hybridized carbons (Fsp3) is 0.571. The van der Waals surface area contributed by atoms with Crippen molar-refractivity contribution in [3.8, 4) is 5.75 Å². The molecule has 0 aromatic heterocycles. The van der Waals surface area contributed by atoms with Crippen LogP contribution in [0.4, 0.5) is 5.69 Å². The summed E-state index contributed by atoms with van der Waals surface area (Å²) in [6.45, 7) is 2.61. The van der Waals surface area contributed by atoms with Crippen molar-refractivity contribution in [3.05, 3.63) is 23.8 Å². The van der Waals surface area contributed by atoms with Crippen LogP contribution in [-0.2, 0) is 6.54 Å². The van der Waals surface area contributed by atoms with Crippen LogP contribution in [-0.4, -0.2) is 38.5 Å². The molecular weight excluding hydrogens is 228 g/mol. The van der Waals surface area contributed by atoms with Crippen molar-refractivity contribution >= 4 is 5.69 Å². The fourth-order valence-electron chi connectivity index (χ4n) is 2.50. The molecule has 1 aromatic carbocycles. The highest BCUT2D eigenvalue weighted by Crippen LogP contribution is 2.31. The number of rotatable bonds is 4. The normalized spacial score (nSPS) is 16.9. The lowest BCUT2D eigenvalue weighted by Gasteiger charge is -2.33. The van der Waals surface area contributed by atoms with Crippen LogP contribution >= 0.6 is 0 Å². The molecule has 1 aromatic rings. The van der Waals surface area contributed by atoms with E-state index >= 15 is 0 Å². The van der Waals surface area contributed by atoms with Gasteiger partial charge in [-0.1, -0.05) is 6.07 Å². The van der Waals surface area contributed by atoms with Crippen LogP contribution in [0.25, 0.3) is 0 Å². The van der Waals surface area contributed by atoms with Crippen molar-refractivity contribution in [1.82, 2.24) is 5.32 Å². The molecule has 2 rings (SSSR count). The van der Waals surface area contributed by atoms with Gasteiger partial charge in [0.05, 0.1) is 13.2 Å². The molecule has 4 nitrogen and oxygen atoms in total. The Kier molecular flexibility index (Phi) is 4.44. The smallest absolute Gasteiger partial charge is 0.125 e. The number of piperidine rings is 1. The maximum atomic E-state index is 9.58. The highest BCUT2D eigenvalue weighted by atomic mass is 16.5. The van der Waals surface area contributed by atoms with E-state index in [4.69, 9.17) is 4.74 Å². The van der Waals surface area contributed by atoms with Gasteiger partial charge in [-0.2, -0.15) is 0 Å². The Hall–Kier alpha value is -1.26. The van der Waals surface area contributed by atoms with Gasteiger partial charge in [0.1, 0.15) is 5.75 Å². The SMILES string of the molecule is CNCc1c(OC)cccc1N1CCC(O)CC1. The second-order valence-corrected chi connectivity index (χ2v) is 4.71. The second kappa shape index (κ2) is 6.07. The fourth-order valence-corrected chi connectivity index (χ4v) is 2.50. The van der Waals surface area contributed by atoms with E-state index in [1.54, 1.807) is 7.11 Å². The number of nitrogens with one attached hydrogen (secondary N) is 1. The van der Waals surface area contributed by atoms with Crippen molar-refractivity contribution in [2.75, 3.05) is 32.1 Å². The van der Waals surface area contributed by atoms with Crippen LogP contribution in [0.1, 0.15) is 18.4 Å². The molecule has 4 heteroatoms. The quantitative estimate of drug-likeness (QED) is 0.847. The van der Waals surface area contributed by atoms with Gasteiger partial charge in [-0.3, -0.25) is 0 Å². The minimum Gasteiger partial charge on any atom is -0.496 e. The summed E-state index contributed by atoms with van der Waals surface area (Å²) in [4.78, 5) is 2.34. The topological polar surface area (TPSA) is 44.7 Å². The van der Waals surface area contributed by atoms with Crippen molar-refractivity contribution in [2.24, 2.45) is 0 Å². The summed E-state index contributed by atoms with van der Waals surface area (Å²) >= 11 is 0. The molecule has 0 aliphatic carbocycles. The number of benzene rings is 1. The van der Waals surface area contributed by atoms with E-state index in [1.807, 2.05) is 19.2 Å². The van der Waals surface area contributed by atoms with E-state index in [1.165, 1.54) is 11.3 Å². The molecular formula is C14H22N2O2. The highest BCUT2D eigenvalue weighted by Gasteiger charge is 2.20. The van der Waals surface area contributed by atoms with E-state index in [2.05, 4.69) is 16.3 Å². The van der Waals surface area contributed by atoms with E-state index in [0.29, 0.717) is 0 Å². The first-order chi connectivity index (χ1) is 8.76. The zero-order valence-corrected chi connectivity index (χ0v) is 11.1.